The van der Waals surface area contributed by atoms with Crippen LogP contribution in [0.5, 0.6) is 11.5 Å². The number of hydrogen-bond acceptors (Lipinski definition) is 3. The van der Waals surface area contributed by atoms with Gasteiger partial charge in [-0.3, -0.25) is 4.90 Å². The molecule has 27 heavy (non-hydrogen) atoms. The van der Waals surface area contributed by atoms with Crippen molar-refractivity contribution in [2.24, 2.45) is 0 Å². The maximum Gasteiger partial charge on any atom is 0.148 e. The Morgan fingerprint density at radius 2 is 2.04 bits per heavy atom. The van der Waals surface area contributed by atoms with Gasteiger partial charge in [0.05, 0.1) is 6.61 Å². The molecule has 0 atom stereocenters. The molecular formula is C23H24N2O2. The first-order chi connectivity index (χ1) is 13.3. The van der Waals surface area contributed by atoms with Gasteiger partial charge in [-0.2, -0.15) is 0 Å². The Labute approximate surface area is 160 Å². The first-order valence-corrected chi connectivity index (χ1v) is 9.40. The Hall–Kier alpha value is -2.90. The lowest BCUT2D eigenvalue weighted by molar-refractivity contribution is 0.245. The zero-order valence-corrected chi connectivity index (χ0v) is 15.6. The molecule has 0 radical (unpaired) electrons. The largest absolute Gasteiger partial charge is 0.494 e. The summed E-state index contributed by atoms with van der Waals surface area (Å²) < 4.78 is 11.2. The van der Waals surface area contributed by atoms with Gasteiger partial charge in [0.1, 0.15) is 18.1 Å². The number of nitrogens with one attached hydrogen (secondary N) is 1. The van der Waals surface area contributed by atoms with Crippen molar-refractivity contribution in [1.29, 1.82) is 0 Å². The molecule has 2 heterocycles. The van der Waals surface area contributed by atoms with Crippen molar-refractivity contribution in [3.63, 3.8) is 0 Å². The first kappa shape index (κ1) is 17.5. The summed E-state index contributed by atoms with van der Waals surface area (Å²) >= 11 is 0. The summed E-state index contributed by atoms with van der Waals surface area (Å²) in [6.07, 6.45) is 6.31. The monoisotopic (exact) mass is 360 g/mol. The highest BCUT2D eigenvalue weighted by molar-refractivity contribution is 5.86. The summed E-state index contributed by atoms with van der Waals surface area (Å²) in [5, 5.41) is 1.27. The topological polar surface area (TPSA) is 37.5 Å². The van der Waals surface area contributed by atoms with E-state index in [-0.39, 0.29) is 0 Å². The van der Waals surface area contributed by atoms with Crippen molar-refractivity contribution < 1.29 is 9.47 Å². The number of rotatable bonds is 6. The maximum atomic E-state index is 5.69. The van der Waals surface area contributed by atoms with Crippen LogP contribution in [0, 0.1) is 12.3 Å². The van der Waals surface area contributed by atoms with Crippen LogP contribution >= 0.6 is 0 Å². The van der Waals surface area contributed by atoms with Crippen molar-refractivity contribution >= 4 is 10.9 Å². The van der Waals surface area contributed by atoms with Crippen LogP contribution in [0.2, 0.25) is 0 Å². The van der Waals surface area contributed by atoms with Crippen LogP contribution < -0.4 is 9.47 Å². The lowest BCUT2D eigenvalue weighted by atomic mass is 10.0. The number of terminal acetylenes is 1. The summed E-state index contributed by atoms with van der Waals surface area (Å²) in [7, 11) is 0. The van der Waals surface area contributed by atoms with Gasteiger partial charge < -0.3 is 14.5 Å². The number of hydrogen-bond donors (Lipinski definition) is 1. The van der Waals surface area contributed by atoms with E-state index >= 15 is 0 Å². The summed E-state index contributed by atoms with van der Waals surface area (Å²) in [5.41, 5.74) is 5.16. The molecule has 0 spiro atoms. The normalized spacial score (nSPS) is 13.9. The number of fused-ring (bicyclic) bond motifs is 3. The molecule has 1 aliphatic rings. The summed E-state index contributed by atoms with van der Waals surface area (Å²) in [6.45, 7) is 5.86. The molecule has 1 N–H and O–H groups in total. The van der Waals surface area contributed by atoms with Crippen LogP contribution in [-0.4, -0.2) is 29.6 Å². The Bertz CT molecular complexity index is 984. The highest BCUT2D eigenvalue weighted by Gasteiger charge is 2.21. The third kappa shape index (κ3) is 3.79. The molecule has 3 aromatic rings. The molecule has 0 saturated heterocycles. The molecule has 0 fully saturated rings. The van der Waals surface area contributed by atoms with Crippen molar-refractivity contribution in [2.45, 2.75) is 26.4 Å². The van der Waals surface area contributed by atoms with E-state index in [2.05, 4.69) is 40.1 Å². The molecule has 4 rings (SSSR count). The van der Waals surface area contributed by atoms with Gasteiger partial charge in [-0.1, -0.05) is 18.1 Å². The number of benzene rings is 2. The third-order valence-electron chi connectivity index (χ3n) is 4.96. The summed E-state index contributed by atoms with van der Waals surface area (Å²) in [6, 6.07) is 14.5. The van der Waals surface area contributed by atoms with Crippen LogP contribution in [-0.2, 0) is 19.5 Å². The van der Waals surface area contributed by atoms with E-state index in [1.165, 1.54) is 27.7 Å². The lowest BCUT2D eigenvalue weighted by Crippen LogP contribution is -2.29. The minimum absolute atomic E-state index is 0.300. The van der Waals surface area contributed by atoms with E-state index in [4.69, 9.17) is 15.9 Å². The fourth-order valence-corrected chi connectivity index (χ4v) is 3.76. The second-order valence-corrected chi connectivity index (χ2v) is 6.82. The van der Waals surface area contributed by atoms with Crippen molar-refractivity contribution in [1.82, 2.24) is 9.88 Å². The van der Waals surface area contributed by atoms with Crippen LogP contribution in [0.4, 0.5) is 0 Å². The van der Waals surface area contributed by atoms with E-state index in [9.17, 15) is 0 Å². The Balaban J connectivity index is 1.53. The van der Waals surface area contributed by atoms with Gasteiger partial charge in [0, 0.05) is 42.7 Å². The maximum absolute atomic E-state index is 5.69. The van der Waals surface area contributed by atoms with Gasteiger partial charge in [0.15, 0.2) is 0 Å². The first-order valence-electron chi connectivity index (χ1n) is 9.40. The Morgan fingerprint density at radius 3 is 2.89 bits per heavy atom. The molecule has 1 aromatic heterocycles. The molecule has 0 bridgehead atoms. The van der Waals surface area contributed by atoms with Crippen LogP contribution in [0.1, 0.15) is 23.7 Å². The van der Waals surface area contributed by atoms with Gasteiger partial charge in [0.2, 0.25) is 0 Å². The number of aromatic amines is 1. The van der Waals surface area contributed by atoms with Crippen LogP contribution in [0.3, 0.4) is 0 Å². The van der Waals surface area contributed by atoms with Crippen molar-refractivity contribution in [3.8, 4) is 23.8 Å². The van der Waals surface area contributed by atoms with Gasteiger partial charge >= 0.3 is 0 Å². The average Bonchev–Trinajstić information content (AvgIpc) is 3.04. The lowest BCUT2D eigenvalue weighted by Gasteiger charge is -2.27. The molecule has 138 valence electrons. The Kier molecular flexibility index (Phi) is 5.04. The molecule has 4 nitrogen and oxygen atoms in total. The molecular weight excluding hydrogens is 336 g/mol. The standard InChI is InChI=1S/C23H24N2O2/c1-3-12-27-18-7-5-6-17(13-18)15-25-11-10-23-21(16-25)20-14-19(26-4-2)8-9-22(20)24-23/h1,5-9,13-14,24H,4,10-12,15-16H2,2H3. The zero-order valence-electron chi connectivity index (χ0n) is 15.6. The number of aromatic nitrogens is 1. The molecule has 2 aromatic carbocycles. The Morgan fingerprint density at radius 1 is 1.15 bits per heavy atom. The molecule has 0 saturated carbocycles. The van der Waals surface area contributed by atoms with E-state index in [0.717, 1.165) is 37.6 Å². The average molecular weight is 360 g/mol. The van der Waals surface area contributed by atoms with E-state index in [1.807, 2.05) is 25.1 Å². The summed E-state index contributed by atoms with van der Waals surface area (Å²) in [4.78, 5) is 6.06. The van der Waals surface area contributed by atoms with Gasteiger partial charge in [-0.05, 0) is 48.4 Å². The van der Waals surface area contributed by atoms with E-state index in [1.54, 1.807) is 0 Å². The zero-order chi connectivity index (χ0) is 18.6. The SMILES string of the molecule is C#CCOc1cccc(CN2CCc3[nH]c4ccc(OCC)cc4c3C2)c1. The number of H-pyrrole nitrogens is 1. The van der Waals surface area contributed by atoms with E-state index in [0.29, 0.717) is 13.2 Å². The quantitative estimate of drug-likeness (QED) is 0.672. The van der Waals surface area contributed by atoms with Crippen molar-refractivity contribution in [2.75, 3.05) is 19.8 Å². The van der Waals surface area contributed by atoms with Crippen molar-refractivity contribution in [3.05, 3.63) is 59.3 Å². The van der Waals surface area contributed by atoms with Crippen LogP contribution in [0.15, 0.2) is 42.5 Å². The van der Waals surface area contributed by atoms with Crippen LogP contribution in [0.25, 0.3) is 10.9 Å². The predicted octanol–water partition coefficient (Wildman–Crippen LogP) is 4.14. The minimum atomic E-state index is 0.300. The highest BCUT2D eigenvalue weighted by atomic mass is 16.5. The third-order valence-corrected chi connectivity index (χ3v) is 4.96. The summed E-state index contributed by atoms with van der Waals surface area (Å²) in [5.74, 6) is 4.27. The minimum Gasteiger partial charge on any atom is -0.494 e. The molecule has 1 aliphatic heterocycles. The molecule has 0 unspecified atom stereocenters. The van der Waals surface area contributed by atoms with Gasteiger partial charge in [-0.15, -0.1) is 6.42 Å². The number of ether oxygens (including phenoxy) is 2. The van der Waals surface area contributed by atoms with Gasteiger partial charge in [0.25, 0.3) is 0 Å². The fraction of sp³-hybridized carbons (Fsp3) is 0.304. The second-order valence-electron chi connectivity index (χ2n) is 6.82. The van der Waals surface area contributed by atoms with Gasteiger partial charge in [-0.25, -0.2) is 0 Å². The fourth-order valence-electron chi connectivity index (χ4n) is 3.76. The highest BCUT2D eigenvalue weighted by Crippen LogP contribution is 2.31. The second kappa shape index (κ2) is 7.77. The molecule has 4 heteroatoms. The smallest absolute Gasteiger partial charge is 0.148 e. The predicted molar refractivity (Wildman–Crippen MR) is 108 cm³/mol. The number of nitrogens with zero attached hydrogens (tertiary/aromatic N) is 1. The van der Waals surface area contributed by atoms with E-state index < -0.39 is 0 Å². The molecule has 0 aliphatic carbocycles. The molecule has 0 amide bonds.